The van der Waals surface area contributed by atoms with Crippen LogP contribution >= 0.6 is 0 Å². The number of alkyl halides is 2. The molecule has 3 unspecified atom stereocenters. The van der Waals surface area contributed by atoms with E-state index in [-0.39, 0.29) is 23.6 Å². The minimum Gasteiger partial charge on any atom is -0.433 e. The lowest BCUT2D eigenvalue weighted by Crippen LogP contribution is -2.44. The fraction of sp³-hybridized carbons (Fsp3) is 0.500. The summed E-state index contributed by atoms with van der Waals surface area (Å²) in [6.07, 6.45) is -0.933. The topological polar surface area (TPSA) is 88.8 Å². The zero-order valence-electron chi connectivity index (χ0n) is 17.9. The van der Waals surface area contributed by atoms with Gasteiger partial charge in [-0.3, -0.25) is 4.79 Å². The number of carbonyl (C=O) groups excluding carboxylic acids is 1. The van der Waals surface area contributed by atoms with E-state index in [9.17, 15) is 13.6 Å². The molecule has 1 saturated carbocycles. The lowest BCUT2D eigenvalue weighted by molar-refractivity contribution is -0.159. The number of halogens is 2. The molecular weight excluding hydrogens is 406 g/mol. The third-order valence-corrected chi connectivity index (χ3v) is 6.23. The highest BCUT2D eigenvalue weighted by molar-refractivity contribution is 5.95. The molecule has 1 aromatic rings. The molecule has 1 aliphatic carbocycles. The first-order chi connectivity index (χ1) is 14.7. The van der Waals surface area contributed by atoms with Crippen molar-refractivity contribution in [1.82, 2.24) is 15.5 Å². The van der Waals surface area contributed by atoms with E-state index in [1.54, 1.807) is 25.4 Å². The first-order valence-corrected chi connectivity index (χ1v) is 10.3. The van der Waals surface area contributed by atoms with Gasteiger partial charge in [-0.2, -0.15) is 8.78 Å². The fourth-order valence-corrected chi connectivity index (χ4v) is 4.67. The zero-order chi connectivity index (χ0) is 22.4. The number of fused-ring (bicyclic) bond motifs is 1. The molecule has 0 spiro atoms. The number of piperidine rings is 1. The van der Waals surface area contributed by atoms with Crippen molar-refractivity contribution in [2.75, 3.05) is 26.7 Å². The fourth-order valence-electron chi connectivity index (χ4n) is 4.67. The first kappa shape index (κ1) is 21.6. The highest BCUT2D eigenvalue weighted by Crippen LogP contribution is 2.59. The van der Waals surface area contributed by atoms with Gasteiger partial charge >= 0.3 is 6.11 Å². The third-order valence-electron chi connectivity index (χ3n) is 6.23. The number of nitrogens with two attached hydrogens (primary N) is 1. The number of hydrogen-bond acceptors (Lipinski definition) is 6. The van der Waals surface area contributed by atoms with E-state index in [4.69, 9.17) is 10.5 Å². The highest BCUT2D eigenvalue weighted by atomic mass is 19.3. The van der Waals surface area contributed by atoms with Gasteiger partial charge in [0, 0.05) is 51.0 Å². The summed E-state index contributed by atoms with van der Waals surface area (Å²) in [4.78, 5) is 15.2. The number of likely N-dealkylation sites (tertiary alicyclic amines) is 1. The van der Waals surface area contributed by atoms with Crippen LogP contribution in [0.25, 0.3) is 0 Å². The van der Waals surface area contributed by atoms with Crippen molar-refractivity contribution in [2.24, 2.45) is 11.7 Å². The maximum Gasteiger partial charge on any atom is 0.394 e. The van der Waals surface area contributed by atoms with Gasteiger partial charge in [0.25, 0.3) is 5.91 Å². The van der Waals surface area contributed by atoms with Crippen LogP contribution < -0.4 is 21.1 Å². The van der Waals surface area contributed by atoms with Gasteiger partial charge in [0.1, 0.15) is 5.75 Å². The lowest BCUT2D eigenvalue weighted by Gasteiger charge is -2.30. The summed E-state index contributed by atoms with van der Waals surface area (Å²) in [5.41, 5.74) is 8.84. The molecule has 31 heavy (non-hydrogen) atoms. The van der Waals surface area contributed by atoms with Gasteiger partial charge in [0.2, 0.25) is 0 Å². The Morgan fingerprint density at radius 1 is 1.35 bits per heavy atom. The average Bonchev–Trinajstić information content (AvgIpc) is 3.29. The monoisotopic (exact) mass is 434 g/mol. The minimum atomic E-state index is -3.22. The first-order valence-electron chi connectivity index (χ1n) is 10.3. The standard InChI is InChI=1S/C22H28F2N4O3/c1-13-10-26-19(30-3)18(27-13)17(9-25)20(29)28-11-15-8-22(15,12-28)14-4-6-16(7-5-14)31-21(2,23)24/h4-7,10,15,19,26-27H,8-9,11-12,25H2,1-3H3/b18-17+. The Kier molecular flexibility index (Phi) is 5.43. The number of allylic oxidation sites excluding steroid dienone is 1. The lowest BCUT2D eigenvalue weighted by atomic mass is 9.95. The SMILES string of the molecule is COC1NC=C(C)N/C1=C(\CN)C(=O)N1CC2CC2(c2ccc(OC(C)(F)F)cc2)C1. The van der Waals surface area contributed by atoms with Crippen LogP contribution in [-0.2, 0) is 14.9 Å². The van der Waals surface area contributed by atoms with Crippen LogP contribution in [0.3, 0.4) is 0 Å². The van der Waals surface area contributed by atoms with Crippen molar-refractivity contribution in [1.29, 1.82) is 0 Å². The second-order valence-electron chi connectivity index (χ2n) is 8.51. The molecule has 168 valence electrons. The average molecular weight is 434 g/mol. The summed E-state index contributed by atoms with van der Waals surface area (Å²) in [6, 6.07) is 6.76. The second kappa shape index (κ2) is 7.80. The summed E-state index contributed by atoms with van der Waals surface area (Å²) in [5.74, 6) is 0.355. The Balaban J connectivity index is 1.51. The molecule has 0 radical (unpaired) electrons. The summed E-state index contributed by atoms with van der Waals surface area (Å²) >= 11 is 0. The number of amides is 1. The summed E-state index contributed by atoms with van der Waals surface area (Å²) in [7, 11) is 1.56. The van der Waals surface area contributed by atoms with Crippen molar-refractivity contribution >= 4 is 5.91 Å². The summed E-state index contributed by atoms with van der Waals surface area (Å²) in [5, 5.41) is 6.32. The number of benzene rings is 1. The smallest absolute Gasteiger partial charge is 0.394 e. The number of nitrogens with zero attached hydrogens (tertiary/aromatic N) is 1. The van der Waals surface area contributed by atoms with Gasteiger partial charge in [-0.1, -0.05) is 12.1 Å². The van der Waals surface area contributed by atoms with Crippen LogP contribution in [0.15, 0.2) is 47.4 Å². The van der Waals surface area contributed by atoms with Gasteiger partial charge in [-0.15, -0.1) is 0 Å². The number of ether oxygens (including phenoxy) is 2. The minimum absolute atomic E-state index is 0.0847. The van der Waals surface area contributed by atoms with Gasteiger partial charge < -0.3 is 30.7 Å². The molecule has 3 atom stereocenters. The molecule has 3 aliphatic rings. The third kappa shape index (κ3) is 4.12. The van der Waals surface area contributed by atoms with Gasteiger partial charge in [0.15, 0.2) is 6.23 Å². The molecule has 0 aromatic heterocycles. The van der Waals surface area contributed by atoms with Crippen molar-refractivity contribution < 1.29 is 23.0 Å². The normalized spacial score (nSPS) is 28.8. The zero-order valence-corrected chi connectivity index (χ0v) is 17.9. The van der Waals surface area contributed by atoms with E-state index in [0.29, 0.717) is 37.2 Å². The maximum atomic E-state index is 13.3. The molecule has 1 amide bonds. The molecule has 1 aromatic carbocycles. The molecule has 7 nitrogen and oxygen atoms in total. The van der Waals surface area contributed by atoms with Crippen LogP contribution in [-0.4, -0.2) is 49.9 Å². The van der Waals surface area contributed by atoms with E-state index in [0.717, 1.165) is 17.7 Å². The maximum absolute atomic E-state index is 13.3. The van der Waals surface area contributed by atoms with Gasteiger partial charge in [-0.05, 0) is 37.0 Å². The van der Waals surface area contributed by atoms with Gasteiger partial charge in [-0.25, -0.2) is 0 Å². The van der Waals surface area contributed by atoms with Gasteiger partial charge in [0.05, 0.1) is 11.3 Å². The number of carbonyl (C=O) groups is 1. The summed E-state index contributed by atoms with van der Waals surface area (Å²) < 4.78 is 36.2. The van der Waals surface area contributed by atoms with Crippen molar-refractivity contribution in [3.05, 3.63) is 53.0 Å². The molecule has 2 heterocycles. The number of methoxy groups -OCH3 is 1. The van der Waals surface area contributed by atoms with Crippen LogP contribution in [0, 0.1) is 5.92 Å². The Morgan fingerprint density at radius 2 is 2.06 bits per heavy atom. The van der Waals surface area contributed by atoms with E-state index >= 15 is 0 Å². The quantitative estimate of drug-likeness (QED) is 0.594. The largest absolute Gasteiger partial charge is 0.433 e. The van der Waals surface area contributed by atoms with E-state index < -0.39 is 12.3 Å². The van der Waals surface area contributed by atoms with Crippen molar-refractivity contribution in [3.8, 4) is 5.75 Å². The Hall–Kier alpha value is -2.65. The van der Waals surface area contributed by atoms with Crippen LogP contribution in [0.2, 0.25) is 0 Å². The Labute approximate surface area is 180 Å². The predicted octanol–water partition coefficient (Wildman–Crippen LogP) is 2.02. The predicted molar refractivity (Wildman–Crippen MR) is 111 cm³/mol. The van der Waals surface area contributed by atoms with Crippen LogP contribution in [0.4, 0.5) is 8.78 Å². The Morgan fingerprint density at radius 3 is 2.68 bits per heavy atom. The van der Waals surface area contributed by atoms with Crippen LogP contribution in [0.1, 0.15) is 25.8 Å². The summed E-state index contributed by atoms with van der Waals surface area (Å²) in [6.45, 7) is 3.89. The molecular formula is C22H28F2N4O3. The Bertz CT molecular complexity index is 926. The molecule has 2 aliphatic heterocycles. The number of nitrogens with one attached hydrogen (secondary N) is 2. The highest BCUT2D eigenvalue weighted by Gasteiger charge is 2.61. The molecule has 9 heteroatoms. The second-order valence-corrected chi connectivity index (χ2v) is 8.51. The van der Waals surface area contributed by atoms with E-state index in [1.165, 1.54) is 0 Å². The molecule has 0 bridgehead atoms. The molecule has 2 fully saturated rings. The van der Waals surface area contributed by atoms with E-state index in [2.05, 4.69) is 15.4 Å². The van der Waals surface area contributed by atoms with E-state index in [1.807, 2.05) is 24.0 Å². The van der Waals surface area contributed by atoms with Crippen LogP contribution in [0.5, 0.6) is 5.75 Å². The van der Waals surface area contributed by atoms with Crippen molar-refractivity contribution in [3.63, 3.8) is 0 Å². The molecule has 4 rings (SSSR count). The number of hydrogen-bond donors (Lipinski definition) is 3. The molecule has 1 saturated heterocycles. The molecule has 4 N–H and O–H groups in total. The van der Waals surface area contributed by atoms with Crippen molar-refractivity contribution in [2.45, 2.75) is 38.0 Å². The number of rotatable bonds is 6.